The molecule has 1 aromatic heterocycles. The van der Waals surface area contributed by atoms with Crippen molar-refractivity contribution < 1.29 is 14.3 Å². The van der Waals surface area contributed by atoms with Gasteiger partial charge in [-0.15, -0.1) is 11.8 Å². The first-order valence-corrected chi connectivity index (χ1v) is 16.3. The first-order valence-electron chi connectivity index (χ1n) is 14.2. The molecule has 2 bridgehead atoms. The minimum Gasteiger partial charge on any atom is -0.489 e. The maximum Gasteiger partial charge on any atom is 0.305 e. The maximum absolute atomic E-state index is 14.0. The number of fused-ring (bicyclic) bond motifs is 9. The van der Waals surface area contributed by atoms with Gasteiger partial charge >= 0.3 is 4.87 Å². The van der Waals surface area contributed by atoms with Crippen LogP contribution in [0.15, 0.2) is 82.6 Å². The monoisotopic (exact) mass is 614 g/mol. The highest BCUT2D eigenvalue weighted by atomic mass is 35.5. The predicted octanol–water partition coefficient (Wildman–Crippen LogP) is 6.66. The van der Waals surface area contributed by atoms with E-state index < -0.39 is 0 Å². The summed E-state index contributed by atoms with van der Waals surface area (Å²) in [5.41, 5.74) is 3.77. The van der Waals surface area contributed by atoms with Crippen molar-refractivity contribution in [1.82, 2.24) is 4.98 Å². The Labute approximate surface area is 256 Å². The van der Waals surface area contributed by atoms with E-state index in [4.69, 9.17) is 16.3 Å². The number of benzene rings is 3. The zero-order valence-corrected chi connectivity index (χ0v) is 25.0. The molecule has 2 aliphatic carbocycles. The lowest BCUT2D eigenvalue weighted by Crippen LogP contribution is -2.42. The molecule has 1 N–H and O–H groups in total. The average Bonchev–Trinajstić information content (AvgIpc) is 3.72. The van der Waals surface area contributed by atoms with Crippen LogP contribution >= 0.6 is 34.7 Å². The van der Waals surface area contributed by atoms with Gasteiger partial charge in [0.2, 0.25) is 11.8 Å². The molecule has 6 nitrogen and oxygen atoms in total. The number of amides is 2. The first-order chi connectivity index (χ1) is 20.4. The van der Waals surface area contributed by atoms with Gasteiger partial charge in [0.15, 0.2) is 0 Å². The molecule has 2 saturated carbocycles. The number of rotatable bonds is 5. The molecule has 3 fully saturated rings. The molecule has 3 heterocycles. The van der Waals surface area contributed by atoms with Crippen molar-refractivity contribution in [3.05, 3.63) is 109 Å². The fourth-order valence-corrected chi connectivity index (χ4v) is 10.9. The summed E-state index contributed by atoms with van der Waals surface area (Å²) in [6.07, 6.45) is 0.848. The van der Waals surface area contributed by atoms with Crippen molar-refractivity contribution in [1.29, 1.82) is 0 Å². The SMILES string of the molecule is Cc1ccc(N2C(=O)[C@H]3[C@H]4C[C@@H]([C@@H]3C2=O)[C@H]2[C@H](c3ccccc3OCc3ccc(Cl)cc3)c3sc(=O)[nH]c3S[C@H]42)cc1. The Morgan fingerprint density at radius 3 is 2.40 bits per heavy atom. The Hall–Kier alpha value is -3.33. The van der Waals surface area contributed by atoms with Crippen molar-refractivity contribution in [2.75, 3.05) is 4.90 Å². The second-order valence-corrected chi connectivity index (χ2v) is 14.4. The third-order valence-electron chi connectivity index (χ3n) is 9.58. The number of ether oxygens (including phenoxy) is 1. The molecule has 0 spiro atoms. The molecule has 4 aliphatic rings. The fourth-order valence-electron chi connectivity index (χ4n) is 7.92. The minimum atomic E-state index is -0.340. The van der Waals surface area contributed by atoms with Crippen LogP contribution in [0.1, 0.15) is 33.9 Å². The number of carbonyl (C=O) groups is 2. The van der Waals surface area contributed by atoms with Crippen LogP contribution in [0, 0.1) is 36.5 Å². The molecule has 0 unspecified atom stereocenters. The summed E-state index contributed by atoms with van der Waals surface area (Å²) in [5.74, 6) is 0.0711. The van der Waals surface area contributed by atoms with E-state index in [1.165, 1.54) is 16.2 Å². The van der Waals surface area contributed by atoms with Gasteiger partial charge in [0.1, 0.15) is 12.4 Å². The highest BCUT2D eigenvalue weighted by Gasteiger charge is 2.69. The molecule has 3 aromatic carbocycles. The molecular formula is C33H27ClN2O4S2. The smallest absolute Gasteiger partial charge is 0.305 e. The molecule has 8 rings (SSSR count). The number of carbonyl (C=O) groups excluding carboxylic acids is 2. The zero-order chi connectivity index (χ0) is 28.7. The second kappa shape index (κ2) is 9.86. The van der Waals surface area contributed by atoms with E-state index in [0.29, 0.717) is 17.3 Å². The number of aryl methyl sites for hydroxylation is 1. The Morgan fingerprint density at radius 2 is 1.64 bits per heavy atom. The van der Waals surface area contributed by atoms with Gasteiger partial charge in [-0.1, -0.05) is 71.0 Å². The standard InChI is InChI=1S/C33H27ClN2O4S2/c1-16-6-12-19(13-7-16)36-31(37)26-21-14-22(27(26)32(36)38)28-25(21)24(29-30(41-28)35-33(39)42-29)20-4-2-3-5-23(20)40-15-17-8-10-18(34)11-9-17/h2-13,21-22,24-28H,14-15H2,1H3,(H,35,39)/t21-,22-,24+,25+,26+,27+,28-/m1/s1. The van der Waals surface area contributed by atoms with Gasteiger partial charge in [-0.3, -0.25) is 19.3 Å². The molecule has 9 heteroatoms. The van der Waals surface area contributed by atoms with Crippen molar-refractivity contribution in [3.8, 4) is 5.75 Å². The van der Waals surface area contributed by atoms with Crippen LogP contribution in [0.5, 0.6) is 5.75 Å². The normalized spacial score (nSPS) is 29.0. The highest BCUT2D eigenvalue weighted by Crippen LogP contribution is 2.69. The predicted molar refractivity (Wildman–Crippen MR) is 164 cm³/mol. The van der Waals surface area contributed by atoms with Crippen LogP contribution in [0.25, 0.3) is 0 Å². The molecule has 0 radical (unpaired) electrons. The lowest BCUT2D eigenvalue weighted by molar-refractivity contribution is -0.123. The maximum atomic E-state index is 14.0. The number of aromatic nitrogens is 1. The molecule has 2 aliphatic heterocycles. The quantitative estimate of drug-likeness (QED) is 0.255. The summed E-state index contributed by atoms with van der Waals surface area (Å²) >= 11 is 9.03. The number of nitrogens with one attached hydrogen (secondary N) is 1. The summed E-state index contributed by atoms with van der Waals surface area (Å²) in [6, 6.07) is 23.3. The van der Waals surface area contributed by atoms with Crippen molar-refractivity contribution in [3.63, 3.8) is 0 Å². The highest BCUT2D eigenvalue weighted by molar-refractivity contribution is 8.00. The Bertz CT molecular complexity index is 1780. The molecule has 1 saturated heterocycles. The number of hydrogen-bond donors (Lipinski definition) is 1. The van der Waals surface area contributed by atoms with E-state index in [9.17, 15) is 14.4 Å². The van der Waals surface area contributed by atoms with Crippen LogP contribution in [0.3, 0.4) is 0 Å². The topological polar surface area (TPSA) is 79.5 Å². The van der Waals surface area contributed by atoms with Crippen LogP contribution < -0.4 is 14.5 Å². The van der Waals surface area contributed by atoms with Gasteiger partial charge in [-0.2, -0.15) is 0 Å². The number of H-pyrrole nitrogens is 1. The number of hydrogen-bond acceptors (Lipinski definition) is 6. The summed E-state index contributed by atoms with van der Waals surface area (Å²) < 4.78 is 6.41. The number of halogens is 1. The molecule has 2 amide bonds. The molecule has 212 valence electrons. The third-order valence-corrected chi connectivity index (χ3v) is 12.4. The number of thioether (sulfide) groups is 1. The zero-order valence-electron chi connectivity index (χ0n) is 22.7. The van der Waals surface area contributed by atoms with Crippen LogP contribution in [-0.2, 0) is 16.2 Å². The summed E-state index contributed by atoms with van der Waals surface area (Å²) in [6.45, 7) is 2.38. The number of imide groups is 1. The average molecular weight is 615 g/mol. The van der Waals surface area contributed by atoms with Gasteiger partial charge in [0.25, 0.3) is 0 Å². The minimum absolute atomic E-state index is 0.0454. The van der Waals surface area contributed by atoms with E-state index >= 15 is 0 Å². The Morgan fingerprint density at radius 1 is 0.929 bits per heavy atom. The molecule has 42 heavy (non-hydrogen) atoms. The second-order valence-electron chi connectivity index (χ2n) is 11.8. The van der Waals surface area contributed by atoms with E-state index in [1.807, 2.05) is 73.7 Å². The van der Waals surface area contributed by atoms with Crippen LogP contribution in [-0.4, -0.2) is 22.0 Å². The van der Waals surface area contributed by atoms with E-state index in [-0.39, 0.29) is 57.4 Å². The number of thiazole rings is 1. The summed E-state index contributed by atoms with van der Waals surface area (Å²) in [4.78, 5) is 46.0. The van der Waals surface area contributed by atoms with Crippen molar-refractivity contribution in [2.45, 2.75) is 36.1 Å². The number of aromatic amines is 1. The molecular weight excluding hydrogens is 588 g/mol. The number of anilines is 1. The lowest BCUT2D eigenvalue weighted by Gasteiger charge is -2.43. The van der Waals surface area contributed by atoms with Gasteiger partial charge < -0.3 is 9.72 Å². The first kappa shape index (κ1) is 26.3. The molecule has 4 aromatic rings. The fraction of sp³-hybridized carbons (Fsp3) is 0.303. The molecule has 7 atom stereocenters. The van der Waals surface area contributed by atoms with Crippen LogP contribution in [0.2, 0.25) is 5.02 Å². The van der Waals surface area contributed by atoms with Gasteiger partial charge in [0, 0.05) is 26.6 Å². The summed E-state index contributed by atoms with van der Waals surface area (Å²) in [5, 5.41) is 1.69. The van der Waals surface area contributed by atoms with E-state index in [2.05, 4.69) is 11.1 Å². The number of nitrogens with zero attached hydrogens (tertiary/aromatic N) is 1. The van der Waals surface area contributed by atoms with E-state index in [0.717, 1.165) is 38.8 Å². The van der Waals surface area contributed by atoms with Gasteiger partial charge in [-0.25, -0.2) is 0 Å². The van der Waals surface area contributed by atoms with Crippen molar-refractivity contribution >= 4 is 52.2 Å². The summed E-state index contributed by atoms with van der Waals surface area (Å²) in [7, 11) is 0. The Balaban J connectivity index is 1.18. The third kappa shape index (κ3) is 3.95. The Kier molecular flexibility index (Phi) is 6.18. The van der Waals surface area contributed by atoms with Gasteiger partial charge in [0.05, 0.1) is 22.5 Å². The van der Waals surface area contributed by atoms with Crippen molar-refractivity contribution in [2.24, 2.45) is 29.6 Å². The van der Waals surface area contributed by atoms with Gasteiger partial charge in [-0.05, 0) is 67.0 Å². The van der Waals surface area contributed by atoms with E-state index in [1.54, 1.807) is 11.8 Å². The number of para-hydroxylation sites is 1. The van der Waals surface area contributed by atoms with Crippen LogP contribution in [0.4, 0.5) is 5.69 Å². The lowest BCUT2D eigenvalue weighted by atomic mass is 9.68. The largest absolute Gasteiger partial charge is 0.489 e.